The van der Waals surface area contributed by atoms with Crippen LogP contribution in [0.3, 0.4) is 0 Å². The van der Waals surface area contributed by atoms with Gasteiger partial charge in [0.25, 0.3) is 10.0 Å². The van der Waals surface area contributed by atoms with Gasteiger partial charge >= 0.3 is 5.97 Å². The number of rotatable bonds is 6. The molecule has 0 spiro atoms. The highest BCUT2D eigenvalue weighted by molar-refractivity contribution is 7.92. The van der Waals surface area contributed by atoms with E-state index in [0.717, 1.165) is 22.4 Å². The molecular weight excluding hydrogens is 438 g/mol. The van der Waals surface area contributed by atoms with Gasteiger partial charge in [-0.15, -0.1) is 0 Å². The van der Waals surface area contributed by atoms with Crippen molar-refractivity contribution in [2.75, 3.05) is 10.0 Å². The minimum absolute atomic E-state index is 0.0184. The van der Waals surface area contributed by atoms with Crippen molar-refractivity contribution in [3.63, 3.8) is 0 Å². The predicted octanol–water partition coefficient (Wildman–Crippen LogP) is 4.38. The summed E-state index contributed by atoms with van der Waals surface area (Å²) in [5.74, 6) is -0.939. The van der Waals surface area contributed by atoms with Gasteiger partial charge in [-0.3, -0.25) is 4.72 Å². The lowest BCUT2D eigenvalue weighted by Gasteiger charge is -2.41. The molecule has 0 amide bonds. The third-order valence-corrected chi connectivity index (χ3v) is 7.44. The van der Waals surface area contributed by atoms with Gasteiger partial charge < -0.3 is 16.2 Å². The number of nitrogens with two attached hydrogens (primary N) is 1. The Hall–Kier alpha value is -3.36. The quantitative estimate of drug-likeness (QED) is 0.429. The molecule has 0 radical (unpaired) electrons. The molecule has 1 atom stereocenters. The van der Waals surface area contributed by atoms with Crippen molar-refractivity contribution >= 4 is 27.4 Å². The van der Waals surface area contributed by atoms with Gasteiger partial charge in [-0.2, -0.15) is 0 Å². The number of benzene rings is 3. The van der Waals surface area contributed by atoms with Crippen molar-refractivity contribution < 1.29 is 18.3 Å². The van der Waals surface area contributed by atoms with E-state index in [9.17, 15) is 18.3 Å². The standard InChI is InChI=1S/C25H27N3O4S/c1-25(2)14-19-13-18(24(29)30)7-12-22(19)27-23(25)17-5-8-20(9-6-17)28-33(31,32)21-10-3-16(15-26)4-11-21/h3-13,23,27-28H,14-15,26H2,1-2H3,(H,29,30). The highest BCUT2D eigenvalue weighted by atomic mass is 32.2. The topological polar surface area (TPSA) is 122 Å². The van der Waals surface area contributed by atoms with Gasteiger partial charge in [0.05, 0.1) is 16.5 Å². The second kappa shape index (κ2) is 8.53. The summed E-state index contributed by atoms with van der Waals surface area (Å²) in [7, 11) is -3.70. The molecule has 0 fully saturated rings. The van der Waals surface area contributed by atoms with Gasteiger partial charge in [0.15, 0.2) is 0 Å². The third-order valence-electron chi connectivity index (χ3n) is 6.05. The maximum atomic E-state index is 12.7. The molecule has 0 aliphatic carbocycles. The number of fused-ring (bicyclic) bond motifs is 1. The van der Waals surface area contributed by atoms with Crippen LogP contribution in [0.1, 0.15) is 46.9 Å². The summed E-state index contributed by atoms with van der Waals surface area (Å²) in [6.07, 6.45) is 0.717. The zero-order valence-electron chi connectivity index (χ0n) is 18.5. The Morgan fingerprint density at radius 2 is 1.76 bits per heavy atom. The van der Waals surface area contributed by atoms with Crippen LogP contribution in [-0.2, 0) is 23.0 Å². The normalized spacial score (nSPS) is 17.0. The van der Waals surface area contributed by atoms with Gasteiger partial charge in [0.2, 0.25) is 0 Å². The van der Waals surface area contributed by atoms with Crippen LogP contribution in [0.5, 0.6) is 0 Å². The Morgan fingerprint density at radius 3 is 2.36 bits per heavy atom. The molecule has 1 unspecified atom stereocenters. The van der Waals surface area contributed by atoms with Crippen molar-refractivity contribution in [3.05, 3.63) is 89.0 Å². The van der Waals surface area contributed by atoms with Crippen LogP contribution in [-0.4, -0.2) is 19.5 Å². The number of hydrogen-bond donors (Lipinski definition) is 4. The van der Waals surface area contributed by atoms with Crippen molar-refractivity contribution in [1.82, 2.24) is 0 Å². The number of sulfonamides is 1. The fourth-order valence-electron chi connectivity index (χ4n) is 4.25. The molecule has 1 aliphatic heterocycles. The number of aromatic carboxylic acids is 1. The molecule has 1 heterocycles. The zero-order valence-corrected chi connectivity index (χ0v) is 19.3. The average Bonchev–Trinajstić information content (AvgIpc) is 2.78. The predicted molar refractivity (Wildman–Crippen MR) is 129 cm³/mol. The number of carbonyl (C=O) groups is 1. The van der Waals surface area contributed by atoms with Crippen LogP contribution in [0.2, 0.25) is 0 Å². The van der Waals surface area contributed by atoms with E-state index in [4.69, 9.17) is 5.73 Å². The number of hydrogen-bond acceptors (Lipinski definition) is 5. The SMILES string of the molecule is CC1(C)Cc2cc(C(=O)O)ccc2NC1c1ccc(NS(=O)(=O)c2ccc(CN)cc2)cc1. The molecule has 3 aromatic carbocycles. The summed E-state index contributed by atoms with van der Waals surface area (Å²) >= 11 is 0. The van der Waals surface area contributed by atoms with E-state index in [1.807, 2.05) is 12.1 Å². The highest BCUT2D eigenvalue weighted by Crippen LogP contribution is 2.45. The summed E-state index contributed by atoms with van der Waals surface area (Å²) in [6.45, 7) is 4.61. The summed E-state index contributed by atoms with van der Waals surface area (Å²) < 4.78 is 28.0. The van der Waals surface area contributed by atoms with Crippen LogP contribution in [0.25, 0.3) is 0 Å². The Balaban J connectivity index is 1.54. The monoisotopic (exact) mass is 465 g/mol. The van der Waals surface area contributed by atoms with E-state index in [1.165, 1.54) is 0 Å². The Morgan fingerprint density at radius 1 is 1.09 bits per heavy atom. The first-order valence-electron chi connectivity index (χ1n) is 10.6. The number of anilines is 2. The molecular formula is C25H27N3O4S. The van der Waals surface area contributed by atoms with E-state index in [1.54, 1.807) is 54.6 Å². The van der Waals surface area contributed by atoms with Crippen molar-refractivity contribution in [3.8, 4) is 0 Å². The first kappa shape index (κ1) is 22.8. The molecule has 7 nitrogen and oxygen atoms in total. The lowest BCUT2D eigenvalue weighted by atomic mass is 9.73. The molecule has 4 rings (SSSR count). The van der Waals surface area contributed by atoms with Crippen LogP contribution >= 0.6 is 0 Å². The van der Waals surface area contributed by atoms with E-state index in [2.05, 4.69) is 23.9 Å². The van der Waals surface area contributed by atoms with Crippen LogP contribution in [0.4, 0.5) is 11.4 Å². The molecule has 8 heteroatoms. The summed E-state index contributed by atoms with van der Waals surface area (Å²) in [6, 6.07) is 18.9. The van der Waals surface area contributed by atoms with Crippen LogP contribution in [0, 0.1) is 5.41 Å². The second-order valence-electron chi connectivity index (χ2n) is 9.00. The summed E-state index contributed by atoms with van der Waals surface area (Å²) in [5.41, 5.74) is 9.91. The lowest BCUT2D eigenvalue weighted by Crippen LogP contribution is -2.35. The van der Waals surface area contributed by atoms with Gasteiger partial charge in [-0.05, 0) is 71.0 Å². The largest absolute Gasteiger partial charge is 0.478 e. The van der Waals surface area contributed by atoms with Gasteiger partial charge in [0, 0.05) is 17.9 Å². The zero-order chi connectivity index (χ0) is 23.8. The van der Waals surface area contributed by atoms with Gasteiger partial charge in [-0.25, -0.2) is 13.2 Å². The summed E-state index contributed by atoms with van der Waals surface area (Å²) in [5, 5.41) is 12.8. The number of carboxylic acids is 1. The van der Waals surface area contributed by atoms with Crippen molar-refractivity contribution in [1.29, 1.82) is 0 Å². The fraction of sp³-hybridized carbons (Fsp3) is 0.240. The average molecular weight is 466 g/mol. The Labute approximate surface area is 193 Å². The lowest BCUT2D eigenvalue weighted by molar-refractivity contribution is 0.0696. The Bertz CT molecular complexity index is 1280. The molecule has 0 saturated heterocycles. The molecule has 0 saturated carbocycles. The smallest absolute Gasteiger partial charge is 0.335 e. The third kappa shape index (κ3) is 4.72. The van der Waals surface area contributed by atoms with Gasteiger partial charge in [-0.1, -0.05) is 38.1 Å². The van der Waals surface area contributed by atoms with E-state index >= 15 is 0 Å². The molecule has 0 bridgehead atoms. The van der Waals surface area contributed by atoms with Crippen molar-refractivity contribution in [2.24, 2.45) is 11.1 Å². The van der Waals surface area contributed by atoms with E-state index < -0.39 is 16.0 Å². The van der Waals surface area contributed by atoms with E-state index in [-0.39, 0.29) is 21.9 Å². The first-order valence-corrected chi connectivity index (χ1v) is 12.1. The number of carboxylic acid groups (broad SMARTS) is 1. The second-order valence-corrected chi connectivity index (χ2v) is 10.7. The maximum Gasteiger partial charge on any atom is 0.335 e. The van der Waals surface area contributed by atoms with Gasteiger partial charge in [0.1, 0.15) is 0 Å². The van der Waals surface area contributed by atoms with Crippen molar-refractivity contribution in [2.45, 2.75) is 37.8 Å². The molecule has 3 aromatic rings. The fourth-order valence-corrected chi connectivity index (χ4v) is 5.31. The summed E-state index contributed by atoms with van der Waals surface area (Å²) in [4.78, 5) is 11.5. The minimum atomic E-state index is -3.70. The maximum absolute atomic E-state index is 12.7. The molecule has 1 aliphatic rings. The number of nitrogens with one attached hydrogen (secondary N) is 2. The molecule has 172 valence electrons. The molecule has 5 N–H and O–H groups in total. The molecule has 0 aromatic heterocycles. The first-order chi connectivity index (χ1) is 15.6. The van der Waals surface area contributed by atoms with Crippen LogP contribution in [0.15, 0.2) is 71.6 Å². The van der Waals surface area contributed by atoms with E-state index in [0.29, 0.717) is 18.7 Å². The van der Waals surface area contributed by atoms with Crippen LogP contribution < -0.4 is 15.8 Å². The minimum Gasteiger partial charge on any atom is -0.478 e. The Kier molecular flexibility index (Phi) is 5.90. The molecule has 33 heavy (non-hydrogen) atoms. The highest BCUT2D eigenvalue weighted by Gasteiger charge is 2.36.